The SMILES string of the molecule is COc1ccc(C2C=C(c3ccccc3)NC(=O)N2)cc1OC. The fourth-order valence-corrected chi connectivity index (χ4v) is 2.56. The van der Waals surface area contributed by atoms with Gasteiger partial charge in [0.15, 0.2) is 11.5 Å². The summed E-state index contributed by atoms with van der Waals surface area (Å²) in [4.78, 5) is 12.0. The van der Waals surface area contributed by atoms with Gasteiger partial charge in [-0.2, -0.15) is 0 Å². The van der Waals surface area contributed by atoms with E-state index >= 15 is 0 Å². The lowest BCUT2D eigenvalue weighted by Crippen LogP contribution is -2.40. The lowest BCUT2D eigenvalue weighted by molar-refractivity contribution is 0.241. The minimum absolute atomic E-state index is 0.230. The molecule has 0 aliphatic carbocycles. The summed E-state index contributed by atoms with van der Waals surface area (Å²) in [7, 11) is 3.19. The van der Waals surface area contributed by atoms with Crippen LogP contribution in [-0.2, 0) is 0 Å². The van der Waals surface area contributed by atoms with Crippen molar-refractivity contribution in [2.24, 2.45) is 0 Å². The van der Waals surface area contributed by atoms with Crippen LogP contribution in [0.1, 0.15) is 17.2 Å². The van der Waals surface area contributed by atoms with Gasteiger partial charge >= 0.3 is 6.03 Å². The average molecular weight is 310 g/mol. The van der Waals surface area contributed by atoms with Crippen LogP contribution in [-0.4, -0.2) is 20.3 Å². The van der Waals surface area contributed by atoms with Gasteiger partial charge in [0, 0.05) is 5.70 Å². The van der Waals surface area contributed by atoms with E-state index in [-0.39, 0.29) is 12.1 Å². The molecule has 118 valence electrons. The average Bonchev–Trinajstić information content (AvgIpc) is 2.61. The zero-order chi connectivity index (χ0) is 16.2. The first kappa shape index (κ1) is 15.0. The Bertz CT molecular complexity index is 741. The maximum Gasteiger partial charge on any atom is 0.319 e. The summed E-state index contributed by atoms with van der Waals surface area (Å²) < 4.78 is 10.6. The van der Waals surface area contributed by atoms with Gasteiger partial charge in [0.2, 0.25) is 0 Å². The van der Waals surface area contributed by atoms with E-state index in [2.05, 4.69) is 10.6 Å². The molecule has 2 amide bonds. The molecule has 1 unspecified atom stereocenters. The number of carbonyl (C=O) groups excluding carboxylic acids is 1. The maximum absolute atomic E-state index is 12.0. The molecule has 1 aliphatic heterocycles. The highest BCUT2D eigenvalue weighted by molar-refractivity contribution is 5.88. The van der Waals surface area contributed by atoms with Crippen LogP contribution >= 0.6 is 0 Å². The van der Waals surface area contributed by atoms with E-state index in [1.807, 2.05) is 54.6 Å². The highest BCUT2D eigenvalue weighted by Crippen LogP contribution is 2.32. The number of carbonyl (C=O) groups is 1. The van der Waals surface area contributed by atoms with Crippen molar-refractivity contribution >= 4 is 11.7 Å². The molecule has 0 aromatic heterocycles. The molecule has 0 bridgehead atoms. The van der Waals surface area contributed by atoms with Crippen molar-refractivity contribution in [3.05, 3.63) is 65.7 Å². The molecule has 0 spiro atoms. The number of ether oxygens (including phenoxy) is 2. The van der Waals surface area contributed by atoms with Crippen molar-refractivity contribution < 1.29 is 14.3 Å². The van der Waals surface area contributed by atoms with Crippen molar-refractivity contribution in [2.75, 3.05) is 14.2 Å². The highest BCUT2D eigenvalue weighted by atomic mass is 16.5. The second kappa shape index (κ2) is 6.44. The Labute approximate surface area is 134 Å². The molecule has 0 fully saturated rings. The Kier molecular flexibility index (Phi) is 4.19. The first-order valence-electron chi connectivity index (χ1n) is 7.28. The van der Waals surface area contributed by atoms with Gasteiger partial charge < -0.3 is 20.1 Å². The number of hydrogen-bond donors (Lipinski definition) is 2. The zero-order valence-corrected chi connectivity index (χ0v) is 13.0. The van der Waals surface area contributed by atoms with E-state index in [1.165, 1.54) is 0 Å². The second-order valence-electron chi connectivity index (χ2n) is 5.14. The Morgan fingerprint density at radius 1 is 0.957 bits per heavy atom. The molecule has 5 nitrogen and oxygen atoms in total. The standard InChI is InChI=1S/C18H18N2O3/c1-22-16-9-8-13(10-17(16)23-2)15-11-14(19-18(21)20-15)12-6-4-3-5-7-12/h3-11,15H,1-2H3,(H2,19,20,21). The third-order valence-corrected chi connectivity index (χ3v) is 3.72. The van der Waals surface area contributed by atoms with Crippen molar-refractivity contribution in [3.63, 3.8) is 0 Å². The Hall–Kier alpha value is -2.95. The quantitative estimate of drug-likeness (QED) is 0.912. The monoisotopic (exact) mass is 310 g/mol. The Morgan fingerprint density at radius 3 is 2.39 bits per heavy atom. The van der Waals surface area contributed by atoms with Crippen LogP contribution in [0.4, 0.5) is 4.79 Å². The van der Waals surface area contributed by atoms with Gasteiger partial charge in [-0.3, -0.25) is 0 Å². The van der Waals surface area contributed by atoms with Gasteiger partial charge in [0.05, 0.1) is 20.3 Å². The zero-order valence-electron chi connectivity index (χ0n) is 13.0. The van der Waals surface area contributed by atoms with E-state index in [1.54, 1.807) is 14.2 Å². The molecular weight excluding hydrogens is 292 g/mol. The van der Waals surface area contributed by atoms with E-state index in [0.29, 0.717) is 11.5 Å². The number of methoxy groups -OCH3 is 2. The molecule has 23 heavy (non-hydrogen) atoms. The summed E-state index contributed by atoms with van der Waals surface area (Å²) in [6.45, 7) is 0. The molecule has 0 saturated carbocycles. The van der Waals surface area contributed by atoms with Crippen molar-refractivity contribution in [1.82, 2.24) is 10.6 Å². The van der Waals surface area contributed by atoms with Gasteiger partial charge in [0.25, 0.3) is 0 Å². The van der Waals surface area contributed by atoms with E-state index < -0.39 is 0 Å². The minimum atomic E-state index is -0.237. The summed E-state index contributed by atoms with van der Waals surface area (Å²) >= 11 is 0. The fraction of sp³-hybridized carbons (Fsp3) is 0.167. The van der Waals surface area contributed by atoms with Crippen molar-refractivity contribution in [2.45, 2.75) is 6.04 Å². The van der Waals surface area contributed by atoms with Gasteiger partial charge in [-0.25, -0.2) is 4.79 Å². The number of nitrogens with one attached hydrogen (secondary N) is 2. The van der Waals surface area contributed by atoms with Gasteiger partial charge in [-0.05, 0) is 29.3 Å². The number of amides is 2. The summed E-state index contributed by atoms with van der Waals surface area (Å²) in [5, 5.41) is 5.74. The smallest absolute Gasteiger partial charge is 0.319 e. The molecule has 1 aliphatic rings. The molecule has 0 radical (unpaired) electrons. The minimum Gasteiger partial charge on any atom is -0.493 e. The van der Waals surface area contributed by atoms with Crippen molar-refractivity contribution in [1.29, 1.82) is 0 Å². The third kappa shape index (κ3) is 3.13. The van der Waals surface area contributed by atoms with Gasteiger partial charge in [-0.1, -0.05) is 36.4 Å². The lowest BCUT2D eigenvalue weighted by Gasteiger charge is -2.24. The topological polar surface area (TPSA) is 59.6 Å². The normalized spacial score (nSPS) is 16.9. The Balaban J connectivity index is 1.97. The maximum atomic E-state index is 12.0. The predicted octanol–water partition coefficient (Wildman–Crippen LogP) is 3.10. The van der Waals surface area contributed by atoms with Gasteiger partial charge in [-0.15, -0.1) is 0 Å². The third-order valence-electron chi connectivity index (χ3n) is 3.72. The highest BCUT2D eigenvalue weighted by Gasteiger charge is 2.21. The number of rotatable bonds is 4. The summed E-state index contributed by atoms with van der Waals surface area (Å²) in [6.07, 6.45) is 1.98. The molecule has 5 heteroatoms. The van der Waals surface area contributed by atoms with Crippen molar-refractivity contribution in [3.8, 4) is 11.5 Å². The first-order chi connectivity index (χ1) is 11.2. The Morgan fingerprint density at radius 2 is 1.70 bits per heavy atom. The van der Waals surface area contributed by atoms with Crippen LogP contribution in [0.2, 0.25) is 0 Å². The first-order valence-corrected chi connectivity index (χ1v) is 7.28. The van der Waals surface area contributed by atoms with Crippen LogP contribution in [0.5, 0.6) is 11.5 Å². The number of urea groups is 1. The predicted molar refractivity (Wildman–Crippen MR) is 88.4 cm³/mol. The molecule has 2 aromatic rings. The molecule has 2 aromatic carbocycles. The molecular formula is C18H18N2O3. The molecule has 1 atom stereocenters. The van der Waals surface area contributed by atoms with Crippen LogP contribution in [0, 0.1) is 0 Å². The molecule has 0 saturated heterocycles. The molecule has 3 rings (SSSR count). The number of hydrogen-bond acceptors (Lipinski definition) is 3. The van der Waals surface area contributed by atoms with Crippen LogP contribution in [0.3, 0.4) is 0 Å². The summed E-state index contributed by atoms with van der Waals surface area (Å²) in [6, 6.07) is 14.9. The fourth-order valence-electron chi connectivity index (χ4n) is 2.56. The summed E-state index contributed by atoms with van der Waals surface area (Å²) in [5.74, 6) is 1.29. The van der Waals surface area contributed by atoms with Crippen LogP contribution < -0.4 is 20.1 Å². The van der Waals surface area contributed by atoms with E-state index in [4.69, 9.17) is 9.47 Å². The lowest BCUT2D eigenvalue weighted by atomic mass is 10.0. The molecule has 2 N–H and O–H groups in total. The molecule has 1 heterocycles. The van der Waals surface area contributed by atoms with E-state index in [0.717, 1.165) is 16.8 Å². The van der Waals surface area contributed by atoms with E-state index in [9.17, 15) is 4.79 Å². The largest absolute Gasteiger partial charge is 0.493 e. The van der Waals surface area contributed by atoms with Crippen LogP contribution in [0.25, 0.3) is 5.70 Å². The van der Waals surface area contributed by atoms with Gasteiger partial charge in [0.1, 0.15) is 0 Å². The second-order valence-corrected chi connectivity index (χ2v) is 5.14. The number of benzene rings is 2. The summed E-state index contributed by atoms with van der Waals surface area (Å²) in [5.41, 5.74) is 2.67. The van der Waals surface area contributed by atoms with Crippen LogP contribution in [0.15, 0.2) is 54.6 Å².